The van der Waals surface area contributed by atoms with Crippen LogP contribution >= 0.6 is 15.6 Å². The molecule has 0 radical (unpaired) electrons. The normalized spacial score (nSPS) is 14.1. The van der Waals surface area contributed by atoms with Crippen LogP contribution in [0.1, 0.15) is 465 Å². The number of hydrogen-bond donors (Lipinski definition) is 3. The van der Waals surface area contributed by atoms with Gasteiger partial charge in [0, 0.05) is 25.7 Å². The van der Waals surface area contributed by atoms with Gasteiger partial charge in [-0.3, -0.25) is 37.3 Å². The van der Waals surface area contributed by atoms with Crippen molar-refractivity contribution < 1.29 is 80.2 Å². The van der Waals surface area contributed by atoms with Gasteiger partial charge in [-0.2, -0.15) is 0 Å². The van der Waals surface area contributed by atoms with Crippen molar-refractivity contribution in [3.63, 3.8) is 0 Å². The van der Waals surface area contributed by atoms with E-state index >= 15 is 0 Å². The van der Waals surface area contributed by atoms with Gasteiger partial charge in [-0.1, -0.05) is 414 Å². The van der Waals surface area contributed by atoms with E-state index in [1.54, 1.807) is 0 Å². The highest BCUT2D eigenvalue weighted by atomic mass is 31.2. The molecule has 0 aliphatic heterocycles. The summed E-state index contributed by atoms with van der Waals surface area (Å²) in [5, 5.41) is 10.6. The van der Waals surface area contributed by atoms with E-state index < -0.39 is 97.5 Å². The van der Waals surface area contributed by atoms with Crippen molar-refractivity contribution in [1.82, 2.24) is 0 Å². The molecule has 0 heterocycles. The molecule has 19 heteroatoms. The number of esters is 4. The third kappa shape index (κ3) is 78.7. The molecular weight excluding hydrogens is 1380 g/mol. The van der Waals surface area contributed by atoms with E-state index in [9.17, 15) is 43.2 Å². The van der Waals surface area contributed by atoms with Crippen molar-refractivity contribution in [1.29, 1.82) is 0 Å². The van der Waals surface area contributed by atoms with Crippen molar-refractivity contribution in [3.05, 3.63) is 0 Å². The fourth-order valence-corrected chi connectivity index (χ4v) is 15.1. The van der Waals surface area contributed by atoms with Gasteiger partial charge in [-0.05, 0) is 37.5 Å². The average molecular weight is 1550 g/mol. The molecule has 0 fully saturated rings. The van der Waals surface area contributed by atoms with Gasteiger partial charge >= 0.3 is 39.5 Å². The summed E-state index contributed by atoms with van der Waals surface area (Å²) in [5.74, 6) is -0.433. The van der Waals surface area contributed by atoms with Crippen LogP contribution < -0.4 is 0 Å². The zero-order valence-corrected chi connectivity index (χ0v) is 71.5. The maximum Gasteiger partial charge on any atom is 0.472 e. The Morgan fingerprint density at radius 2 is 0.481 bits per heavy atom. The molecule has 0 aliphatic carbocycles. The number of rotatable bonds is 86. The van der Waals surface area contributed by atoms with E-state index in [1.165, 1.54) is 276 Å². The molecule has 0 saturated carbocycles. The summed E-state index contributed by atoms with van der Waals surface area (Å²) in [6.45, 7) is 9.68. The Kier molecular flexibility index (Phi) is 76.9. The number of ether oxygens (including phenoxy) is 4. The highest BCUT2D eigenvalue weighted by molar-refractivity contribution is 7.47. The fourth-order valence-electron chi connectivity index (χ4n) is 13.6. The first-order chi connectivity index (χ1) is 51.4. The maximum atomic E-state index is 13.1. The predicted octanol–water partition coefficient (Wildman–Crippen LogP) is 26.6. The second-order valence-corrected chi connectivity index (χ2v) is 34.9. The quantitative estimate of drug-likeness (QED) is 0.0222. The summed E-state index contributed by atoms with van der Waals surface area (Å²) in [6.07, 6.45) is 71.4. The van der Waals surface area contributed by atoms with E-state index in [0.29, 0.717) is 25.7 Å². The molecule has 0 aromatic rings. The van der Waals surface area contributed by atoms with E-state index in [2.05, 4.69) is 41.5 Å². The van der Waals surface area contributed by atoms with Gasteiger partial charge in [0.05, 0.1) is 26.4 Å². The van der Waals surface area contributed by atoms with Crippen LogP contribution in [0.5, 0.6) is 0 Å². The Morgan fingerprint density at radius 1 is 0.274 bits per heavy atom. The van der Waals surface area contributed by atoms with Gasteiger partial charge in [0.25, 0.3) is 0 Å². The van der Waals surface area contributed by atoms with Crippen molar-refractivity contribution in [2.75, 3.05) is 39.6 Å². The fraction of sp³-hybridized carbons (Fsp3) is 0.954. The molecule has 3 unspecified atom stereocenters. The van der Waals surface area contributed by atoms with Crippen LogP contribution in [-0.4, -0.2) is 96.7 Å². The van der Waals surface area contributed by atoms with Crippen molar-refractivity contribution in [2.24, 2.45) is 11.8 Å². The molecule has 0 bridgehead atoms. The minimum atomic E-state index is -4.96. The Morgan fingerprint density at radius 3 is 0.717 bits per heavy atom. The van der Waals surface area contributed by atoms with Crippen LogP contribution in [-0.2, 0) is 65.4 Å². The Balaban J connectivity index is 5.09. The third-order valence-electron chi connectivity index (χ3n) is 20.8. The zero-order chi connectivity index (χ0) is 77.8. The predicted molar refractivity (Wildman–Crippen MR) is 437 cm³/mol. The first-order valence-corrected chi connectivity index (χ1v) is 48.0. The largest absolute Gasteiger partial charge is 0.472 e. The lowest BCUT2D eigenvalue weighted by Gasteiger charge is -2.21. The molecule has 6 atom stereocenters. The number of carbonyl (C=O) groups is 4. The SMILES string of the molecule is CCCCCCCCCCCCCCCCCCCCCCC(=O)OC[C@H](COP(=O)(O)OC[C@@H](O)COP(=O)(O)OC[C@@H](COC(=O)CCCCCCC)OC(=O)CCCCCCCCCCCCCCCCCCC(C)C)OC(=O)CCCCCCCCCCCCCCCCCCCCC(C)CC. The summed E-state index contributed by atoms with van der Waals surface area (Å²) in [6, 6.07) is 0. The van der Waals surface area contributed by atoms with Gasteiger partial charge in [0.15, 0.2) is 12.2 Å². The maximum absolute atomic E-state index is 13.1. The van der Waals surface area contributed by atoms with Crippen LogP contribution in [0.2, 0.25) is 0 Å². The Labute approximate surface area is 651 Å². The van der Waals surface area contributed by atoms with Crippen molar-refractivity contribution in [3.8, 4) is 0 Å². The number of phosphoric acid groups is 2. The molecule has 0 amide bonds. The summed E-state index contributed by atoms with van der Waals surface area (Å²) in [5.41, 5.74) is 0. The van der Waals surface area contributed by atoms with Crippen LogP contribution in [0.25, 0.3) is 0 Å². The van der Waals surface area contributed by atoms with Crippen molar-refractivity contribution >= 4 is 39.5 Å². The summed E-state index contributed by atoms with van der Waals surface area (Å²) >= 11 is 0. The first-order valence-electron chi connectivity index (χ1n) is 45.0. The van der Waals surface area contributed by atoms with Gasteiger partial charge < -0.3 is 33.8 Å². The monoisotopic (exact) mass is 1550 g/mol. The molecule has 3 N–H and O–H groups in total. The molecular formula is C87H170O17P2. The molecule has 0 spiro atoms. The summed E-state index contributed by atoms with van der Waals surface area (Å²) in [4.78, 5) is 72.9. The van der Waals surface area contributed by atoms with Crippen LogP contribution in [0, 0.1) is 11.8 Å². The number of hydrogen-bond acceptors (Lipinski definition) is 15. The topological polar surface area (TPSA) is 237 Å². The first kappa shape index (κ1) is 104. The molecule has 0 saturated heterocycles. The number of aliphatic hydroxyl groups is 1. The van der Waals surface area contributed by atoms with Gasteiger partial charge in [0.2, 0.25) is 0 Å². The standard InChI is InChI=1S/C87H170O17P2/c1-7-10-12-14-15-16-17-18-19-20-21-22-26-32-37-42-47-52-58-64-70-85(90)98-76-83(104-87(92)72-66-60-53-48-43-38-33-27-24-23-25-31-36-41-46-51-57-62-68-80(6)9-3)78-102-106(95,96)100-74-81(88)73-99-105(93,94)101-77-82(75-97-84(89)69-63-55-13-11-8-2)103-86(91)71-65-59-54-49-44-39-34-29-28-30-35-40-45-50-56-61-67-79(4)5/h79-83,88H,7-78H2,1-6H3,(H,93,94)(H,95,96)/t80?,81-,82+,83+/m0/s1. The lowest BCUT2D eigenvalue weighted by molar-refractivity contribution is -0.161. The summed E-state index contributed by atoms with van der Waals surface area (Å²) < 4.78 is 68.7. The number of aliphatic hydroxyl groups excluding tert-OH is 1. The number of unbranched alkanes of at least 4 members (excludes halogenated alkanes) is 55. The second-order valence-electron chi connectivity index (χ2n) is 32.0. The van der Waals surface area contributed by atoms with Crippen LogP contribution in [0.4, 0.5) is 0 Å². The molecule has 17 nitrogen and oxygen atoms in total. The van der Waals surface area contributed by atoms with Crippen LogP contribution in [0.15, 0.2) is 0 Å². The van der Waals surface area contributed by atoms with Gasteiger partial charge in [-0.25, -0.2) is 9.13 Å². The minimum absolute atomic E-state index is 0.107. The smallest absolute Gasteiger partial charge is 0.462 e. The Bertz CT molecular complexity index is 2030. The van der Waals surface area contributed by atoms with Crippen molar-refractivity contribution in [2.45, 2.75) is 484 Å². The van der Waals surface area contributed by atoms with Crippen LogP contribution in [0.3, 0.4) is 0 Å². The lowest BCUT2D eigenvalue weighted by atomic mass is 9.99. The lowest BCUT2D eigenvalue weighted by Crippen LogP contribution is -2.30. The molecule has 0 rings (SSSR count). The van der Waals surface area contributed by atoms with E-state index in [1.807, 2.05) is 0 Å². The van der Waals surface area contributed by atoms with E-state index in [4.69, 9.17) is 37.0 Å². The minimum Gasteiger partial charge on any atom is -0.462 e. The number of phosphoric ester groups is 2. The molecule has 0 aliphatic rings. The number of carbonyl (C=O) groups excluding carboxylic acids is 4. The molecule has 106 heavy (non-hydrogen) atoms. The second kappa shape index (κ2) is 78.3. The van der Waals surface area contributed by atoms with E-state index in [0.717, 1.165) is 108 Å². The highest BCUT2D eigenvalue weighted by Gasteiger charge is 2.30. The average Bonchev–Trinajstić information content (AvgIpc) is 0.902. The summed E-state index contributed by atoms with van der Waals surface area (Å²) in [7, 11) is -9.92. The third-order valence-corrected chi connectivity index (χ3v) is 22.7. The highest BCUT2D eigenvalue weighted by Crippen LogP contribution is 2.45. The Hall–Kier alpha value is -1.94. The van der Waals surface area contributed by atoms with Gasteiger partial charge in [-0.15, -0.1) is 0 Å². The van der Waals surface area contributed by atoms with E-state index in [-0.39, 0.29) is 25.7 Å². The molecule has 630 valence electrons. The molecule has 0 aromatic heterocycles. The zero-order valence-electron chi connectivity index (χ0n) is 69.7. The molecule has 0 aromatic carbocycles. The van der Waals surface area contributed by atoms with Gasteiger partial charge in [0.1, 0.15) is 19.3 Å².